The number of anilines is 1. The molecule has 0 fully saturated rings. The first-order chi connectivity index (χ1) is 10.0. The van der Waals surface area contributed by atoms with Gasteiger partial charge in [-0.25, -0.2) is 4.79 Å². The smallest absolute Gasteiger partial charge is 0.335 e. The maximum absolute atomic E-state index is 12.3. The van der Waals surface area contributed by atoms with Crippen molar-refractivity contribution in [3.05, 3.63) is 50.7 Å². The van der Waals surface area contributed by atoms with Crippen LogP contribution in [0.2, 0.25) is 0 Å². The Kier molecular flexibility index (Phi) is 3.51. The number of amides is 1. The van der Waals surface area contributed by atoms with Crippen LogP contribution >= 0.6 is 11.3 Å². The minimum atomic E-state index is -0.999. The van der Waals surface area contributed by atoms with Gasteiger partial charge in [0.2, 0.25) is 0 Å². The topological polar surface area (TPSA) is 66.4 Å². The van der Waals surface area contributed by atoms with Gasteiger partial charge in [0.1, 0.15) is 0 Å². The zero-order chi connectivity index (χ0) is 15.0. The average molecular weight is 301 g/mol. The Bertz CT molecular complexity index is 712. The summed E-state index contributed by atoms with van der Waals surface area (Å²) >= 11 is 1.54. The molecule has 0 saturated heterocycles. The Morgan fingerprint density at radius 1 is 1.24 bits per heavy atom. The molecule has 21 heavy (non-hydrogen) atoms. The number of aromatic carboxylic acids is 1. The molecule has 1 amide bonds. The molecular formula is C16H15NO3S. The van der Waals surface area contributed by atoms with Gasteiger partial charge in [-0.2, -0.15) is 0 Å². The molecule has 1 aliphatic rings. The number of carbonyl (C=O) groups is 2. The van der Waals surface area contributed by atoms with Gasteiger partial charge in [0, 0.05) is 10.6 Å². The molecule has 1 aliphatic carbocycles. The highest BCUT2D eigenvalue weighted by molar-refractivity contribution is 7.14. The van der Waals surface area contributed by atoms with Crippen molar-refractivity contribution in [3.8, 4) is 0 Å². The van der Waals surface area contributed by atoms with E-state index < -0.39 is 5.97 Å². The van der Waals surface area contributed by atoms with E-state index in [1.165, 1.54) is 40.3 Å². The molecule has 5 heteroatoms. The van der Waals surface area contributed by atoms with Crippen molar-refractivity contribution in [1.82, 2.24) is 0 Å². The molecule has 1 aromatic heterocycles. The van der Waals surface area contributed by atoms with Crippen LogP contribution < -0.4 is 5.32 Å². The third-order valence-electron chi connectivity index (χ3n) is 3.70. The van der Waals surface area contributed by atoms with Gasteiger partial charge in [0.15, 0.2) is 0 Å². The van der Waals surface area contributed by atoms with Crippen LogP contribution in [0.15, 0.2) is 24.3 Å². The SMILES string of the molecule is Cc1ccc(C(=O)O)cc1NC(=O)c1cc2c(s1)CCC2. The van der Waals surface area contributed by atoms with Gasteiger partial charge >= 0.3 is 5.97 Å². The molecule has 2 N–H and O–H groups in total. The largest absolute Gasteiger partial charge is 0.478 e. The van der Waals surface area contributed by atoms with Crippen molar-refractivity contribution in [3.63, 3.8) is 0 Å². The lowest BCUT2D eigenvalue weighted by Gasteiger charge is -2.08. The molecule has 1 aromatic carbocycles. The number of thiophene rings is 1. The zero-order valence-corrected chi connectivity index (χ0v) is 12.4. The van der Waals surface area contributed by atoms with Crippen LogP contribution in [0.1, 0.15) is 42.5 Å². The van der Waals surface area contributed by atoms with Gasteiger partial charge in [0.25, 0.3) is 5.91 Å². The van der Waals surface area contributed by atoms with Crippen LogP contribution in [0.25, 0.3) is 0 Å². The molecule has 0 radical (unpaired) electrons. The number of benzene rings is 1. The lowest BCUT2D eigenvalue weighted by atomic mass is 10.1. The molecule has 0 bridgehead atoms. The summed E-state index contributed by atoms with van der Waals surface area (Å²) in [4.78, 5) is 25.3. The fourth-order valence-electron chi connectivity index (χ4n) is 2.51. The van der Waals surface area contributed by atoms with E-state index in [0.29, 0.717) is 10.6 Å². The first-order valence-corrected chi connectivity index (χ1v) is 7.63. The molecule has 108 valence electrons. The second kappa shape index (κ2) is 5.33. The Morgan fingerprint density at radius 3 is 2.76 bits per heavy atom. The van der Waals surface area contributed by atoms with E-state index in [9.17, 15) is 9.59 Å². The maximum atomic E-state index is 12.3. The minimum Gasteiger partial charge on any atom is -0.478 e. The summed E-state index contributed by atoms with van der Waals surface area (Å²) in [6.07, 6.45) is 3.27. The predicted molar refractivity (Wildman–Crippen MR) is 82.4 cm³/mol. The third-order valence-corrected chi connectivity index (χ3v) is 4.94. The molecule has 0 aliphatic heterocycles. The molecule has 0 atom stereocenters. The molecular weight excluding hydrogens is 286 g/mol. The number of carboxylic acids is 1. The van der Waals surface area contributed by atoms with Gasteiger partial charge in [-0.1, -0.05) is 6.07 Å². The summed E-state index contributed by atoms with van der Waals surface area (Å²) in [5, 5.41) is 11.8. The highest BCUT2D eigenvalue weighted by atomic mass is 32.1. The van der Waals surface area contributed by atoms with Crippen molar-refractivity contribution in [1.29, 1.82) is 0 Å². The first kappa shape index (κ1) is 13.8. The van der Waals surface area contributed by atoms with Crippen LogP contribution in [-0.2, 0) is 12.8 Å². The van der Waals surface area contributed by atoms with E-state index in [-0.39, 0.29) is 11.5 Å². The number of carboxylic acid groups (broad SMARTS) is 1. The fourth-order valence-corrected chi connectivity index (χ4v) is 3.66. The molecule has 0 spiro atoms. The van der Waals surface area contributed by atoms with E-state index in [1.54, 1.807) is 6.07 Å². The van der Waals surface area contributed by atoms with Crippen molar-refractivity contribution < 1.29 is 14.7 Å². The Balaban J connectivity index is 1.83. The minimum absolute atomic E-state index is 0.167. The summed E-state index contributed by atoms with van der Waals surface area (Å²) in [7, 11) is 0. The van der Waals surface area contributed by atoms with Crippen molar-refractivity contribution in [2.75, 3.05) is 5.32 Å². The van der Waals surface area contributed by atoms with Gasteiger partial charge in [-0.05, 0) is 55.5 Å². The van der Waals surface area contributed by atoms with Crippen molar-refractivity contribution in [2.45, 2.75) is 26.2 Å². The van der Waals surface area contributed by atoms with Crippen LogP contribution in [0.5, 0.6) is 0 Å². The zero-order valence-electron chi connectivity index (χ0n) is 11.6. The number of fused-ring (bicyclic) bond motifs is 1. The van der Waals surface area contributed by atoms with E-state index in [2.05, 4.69) is 5.32 Å². The van der Waals surface area contributed by atoms with Crippen LogP contribution in [0, 0.1) is 6.92 Å². The summed E-state index contributed by atoms with van der Waals surface area (Å²) in [5.41, 5.74) is 2.84. The molecule has 0 unspecified atom stereocenters. The van der Waals surface area contributed by atoms with Crippen LogP contribution in [-0.4, -0.2) is 17.0 Å². The van der Waals surface area contributed by atoms with Gasteiger partial charge in [-0.15, -0.1) is 11.3 Å². The lowest BCUT2D eigenvalue weighted by molar-refractivity contribution is 0.0696. The molecule has 1 heterocycles. The van der Waals surface area contributed by atoms with Gasteiger partial charge in [0.05, 0.1) is 10.4 Å². The van der Waals surface area contributed by atoms with E-state index in [1.807, 2.05) is 13.0 Å². The second-order valence-electron chi connectivity index (χ2n) is 5.20. The molecule has 0 saturated carbocycles. The van der Waals surface area contributed by atoms with Crippen molar-refractivity contribution in [2.24, 2.45) is 0 Å². The van der Waals surface area contributed by atoms with Gasteiger partial charge in [-0.3, -0.25) is 4.79 Å². The lowest BCUT2D eigenvalue weighted by Crippen LogP contribution is -2.12. The van der Waals surface area contributed by atoms with E-state index in [4.69, 9.17) is 5.11 Å². The van der Waals surface area contributed by atoms with Crippen molar-refractivity contribution >= 4 is 28.9 Å². The van der Waals surface area contributed by atoms with E-state index >= 15 is 0 Å². The monoisotopic (exact) mass is 301 g/mol. The van der Waals surface area contributed by atoms with Crippen LogP contribution in [0.4, 0.5) is 5.69 Å². The summed E-state index contributed by atoms with van der Waals surface area (Å²) in [6.45, 7) is 1.84. The fraction of sp³-hybridized carbons (Fsp3) is 0.250. The van der Waals surface area contributed by atoms with Gasteiger partial charge < -0.3 is 10.4 Å². The Morgan fingerprint density at radius 2 is 2.05 bits per heavy atom. The number of carbonyl (C=O) groups excluding carboxylic acids is 1. The Labute approximate surface area is 126 Å². The second-order valence-corrected chi connectivity index (χ2v) is 6.34. The number of rotatable bonds is 3. The summed E-state index contributed by atoms with van der Waals surface area (Å²) < 4.78 is 0. The highest BCUT2D eigenvalue weighted by Gasteiger charge is 2.19. The molecule has 3 rings (SSSR count). The normalized spacial score (nSPS) is 13.0. The third kappa shape index (κ3) is 2.69. The quantitative estimate of drug-likeness (QED) is 0.912. The summed E-state index contributed by atoms with van der Waals surface area (Å²) in [6, 6.07) is 6.69. The van der Waals surface area contributed by atoms with Crippen LogP contribution in [0.3, 0.4) is 0 Å². The first-order valence-electron chi connectivity index (χ1n) is 6.81. The predicted octanol–water partition coefficient (Wildman–Crippen LogP) is 3.50. The van der Waals surface area contributed by atoms with E-state index in [0.717, 1.165) is 18.4 Å². The number of aryl methyl sites for hydroxylation is 3. The average Bonchev–Trinajstić information content (AvgIpc) is 3.01. The number of hydrogen-bond acceptors (Lipinski definition) is 3. The molecule has 2 aromatic rings. The standard InChI is InChI=1S/C16H15NO3S/c1-9-5-6-11(16(19)20)7-12(9)17-15(18)14-8-10-3-2-4-13(10)21-14/h5-8H,2-4H2,1H3,(H,17,18)(H,19,20). The summed E-state index contributed by atoms with van der Waals surface area (Å²) in [5.74, 6) is -1.17. The molecule has 4 nitrogen and oxygen atoms in total. The highest BCUT2D eigenvalue weighted by Crippen LogP contribution is 2.31. The maximum Gasteiger partial charge on any atom is 0.335 e. The number of hydrogen-bond donors (Lipinski definition) is 2. The number of nitrogens with one attached hydrogen (secondary N) is 1. The Hall–Kier alpha value is -2.14.